The first-order valence-electron chi connectivity index (χ1n) is 7.77. The monoisotopic (exact) mass is 338 g/mol. The third-order valence-electron chi connectivity index (χ3n) is 4.66. The lowest BCUT2D eigenvalue weighted by Gasteiger charge is -2.36. The zero-order valence-corrected chi connectivity index (χ0v) is 14.8. The van der Waals surface area contributed by atoms with Crippen LogP contribution in [0.5, 0.6) is 5.75 Å². The van der Waals surface area contributed by atoms with E-state index in [9.17, 15) is 0 Å². The average molecular weight is 339 g/mol. The number of rotatable bonds is 5. The predicted octanol–water partition coefficient (Wildman–Crippen LogP) is 6.05. The van der Waals surface area contributed by atoms with E-state index in [0.29, 0.717) is 10.2 Å². The highest BCUT2D eigenvalue weighted by atomic mass is 79.9. The minimum absolute atomic E-state index is 0.440. The molecular formula is C18H27BrO. The number of benzene rings is 1. The van der Waals surface area contributed by atoms with Crippen LogP contribution < -0.4 is 4.74 Å². The molecule has 20 heavy (non-hydrogen) atoms. The van der Waals surface area contributed by atoms with Crippen molar-refractivity contribution >= 4 is 15.9 Å². The van der Waals surface area contributed by atoms with Crippen LogP contribution in [-0.2, 0) is 0 Å². The van der Waals surface area contributed by atoms with E-state index in [2.05, 4.69) is 54.9 Å². The van der Waals surface area contributed by atoms with Gasteiger partial charge < -0.3 is 4.74 Å². The topological polar surface area (TPSA) is 9.23 Å². The van der Waals surface area contributed by atoms with Gasteiger partial charge in [0.05, 0.1) is 7.11 Å². The van der Waals surface area contributed by atoms with Crippen molar-refractivity contribution in [1.82, 2.24) is 0 Å². The molecule has 1 fully saturated rings. The Bertz CT molecular complexity index is 447. The Hall–Kier alpha value is -0.500. The van der Waals surface area contributed by atoms with Crippen molar-refractivity contribution < 1.29 is 4.74 Å². The molecule has 0 radical (unpaired) electrons. The van der Waals surface area contributed by atoms with Gasteiger partial charge in [0, 0.05) is 4.83 Å². The van der Waals surface area contributed by atoms with E-state index >= 15 is 0 Å². The van der Waals surface area contributed by atoms with Crippen LogP contribution in [-0.4, -0.2) is 7.11 Å². The molecule has 0 heterocycles. The molecule has 1 aromatic carbocycles. The van der Waals surface area contributed by atoms with Crippen LogP contribution in [0.2, 0.25) is 0 Å². The molecule has 1 atom stereocenters. The Morgan fingerprint density at radius 3 is 2.40 bits per heavy atom. The lowest BCUT2D eigenvalue weighted by atomic mass is 9.74. The first-order chi connectivity index (χ1) is 9.48. The van der Waals surface area contributed by atoms with Gasteiger partial charge in [-0.25, -0.2) is 0 Å². The van der Waals surface area contributed by atoms with E-state index in [0.717, 1.165) is 11.7 Å². The summed E-state index contributed by atoms with van der Waals surface area (Å²) in [7, 11) is 1.74. The lowest BCUT2D eigenvalue weighted by molar-refractivity contribution is 0.230. The standard InChI is InChI=1S/C18H27BrO/c1-13(2)12-18(9-5-6-10-18)17(19)15-7-8-16(20-4)14(3)11-15/h7-8,11,13,17H,5-6,9-10,12H2,1-4H3. The molecule has 0 saturated heterocycles. The van der Waals surface area contributed by atoms with E-state index in [1.54, 1.807) is 7.11 Å². The molecule has 1 aromatic rings. The van der Waals surface area contributed by atoms with Gasteiger partial charge in [-0.2, -0.15) is 0 Å². The van der Waals surface area contributed by atoms with Crippen molar-refractivity contribution in [3.63, 3.8) is 0 Å². The maximum atomic E-state index is 5.38. The van der Waals surface area contributed by atoms with E-state index in [4.69, 9.17) is 4.74 Å². The van der Waals surface area contributed by atoms with Crippen molar-refractivity contribution in [3.8, 4) is 5.75 Å². The summed E-state index contributed by atoms with van der Waals surface area (Å²) in [5.41, 5.74) is 3.08. The van der Waals surface area contributed by atoms with Crippen molar-refractivity contribution in [2.45, 2.75) is 57.7 Å². The number of alkyl halides is 1. The summed E-state index contributed by atoms with van der Waals surface area (Å²) in [5.74, 6) is 1.74. The molecule has 0 bridgehead atoms. The Kier molecular flexibility index (Phi) is 5.17. The Morgan fingerprint density at radius 1 is 1.25 bits per heavy atom. The first kappa shape index (κ1) is 15.9. The third-order valence-corrected chi connectivity index (χ3v) is 6.16. The van der Waals surface area contributed by atoms with Crippen molar-refractivity contribution in [3.05, 3.63) is 29.3 Å². The molecule has 0 aromatic heterocycles. The lowest BCUT2D eigenvalue weighted by Crippen LogP contribution is -2.24. The smallest absolute Gasteiger partial charge is 0.121 e. The number of halogens is 1. The zero-order valence-electron chi connectivity index (χ0n) is 13.2. The largest absolute Gasteiger partial charge is 0.496 e. The van der Waals surface area contributed by atoms with Gasteiger partial charge in [0.15, 0.2) is 0 Å². The van der Waals surface area contributed by atoms with Gasteiger partial charge in [-0.15, -0.1) is 0 Å². The minimum Gasteiger partial charge on any atom is -0.496 e. The highest BCUT2D eigenvalue weighted by Gasteiger charge is 2.41. The summed E-state index contributed by atoms with van der Waals surface area (Å²) < 4.78 is 5.38. The fourth-order valence-electron chi connectivity index (χ4n) is 3.87. The van der Waals surface area contributed by atoms with Gasteiger partial charge in [0.2, 0.25) is 0 Å². The summed E-state index contributed by atoms with van der Waals surface area (Å²) in [5, 5.41) is 0. The van der Waals surface area contributed by atoms with Crippen molar-refractivity contribution in [2.75, 3.05) is 7.11 Å². The molecule has 0 aliphatic heterocycles. The quantitative estimate of drug-likeness (QED) is 0.594. The number of hydrogen-bond acceptors (Lipinski definition) is 1. The van der Waals surface area contributed by atoms with Gasteiger partial charge in [0.25, 0.3) is 0 Å². The van der Waals surface area contributed by atoms with Crippen LogP contribution in [0.1, 0.15) is 61.9 Å². The normalized spacial score (nSPS) is 19.3. The molecule has 2 rings (SSSR count). The van der Waals surface area contributed by atoms with Gasteiger partial charge in [0.1, 0.15) is 5.75 Å². The van der Waals surface area contributed by atoms with Crippen LogP contribution in [0.4, 0.5) is 0 Å². The second kappa shape index (κ2) is 6.51. The highest BCUT2D eigenvalue weighted by Crippen LogP contribution is 2.55. The molecule has 1 nitrogen and oxygen atoms in total. The fraction of sp³-hybridized carbons (Fsp3) is 0.667. The van der Waals surface area contributed by atoms with Gasteiger partial charge in [-0.3, -0.25) is 0 Å². The highest BCUT2D eigenvalue weighted by molar-refractivity contribution is 9.09. The van der Waals surface area contributed by atoms with E-state index in [-0.39, 0.29) is 0 Å². The fourth-order valence-corrected chi connectivity index (χ4v) is 4.80. The second-order valence-electron chi connectivity index (χ2n) is 6.76. The molecule has 1 unspecified atom stereocenters. The van der Waals surface area contributed by atoms with Crippen LogP contribution in [0.3, 0.4) is 0 Å². The summed E-state index contributed by atoms with van der Waals surface area (Å²) in [6, 6.07) is 6.63. The minimum atomic E-state index is 0.440. The molecule has 0 amide bonds. The van der Waals surface area contributed by atoms with E-state index < -0.39 is 0 Å². The van der Waals surface area contributed by atoms with Crippen molar-refractivity contribution in [1.29, 1.82) is 0 Å². The van der Waals surface area contributed by atoms with Gasteiger partial charge in [-0.1, -0.05) is 54.8 Å². The Labute approximate surface area is 132 Å². The molecule has 2 heteroatoms. The van der Waals surface area contributed by atoms with E-state index in [1.807, 2.05) is 0 Å². The Balaban J connectivity index is 2.27. The average Bonchev–Trinajstić information content (AvgIpc) is 2.86. The van der Waals surface area contributed by atoms with Gasteiger partial charge >= 0.3 is 0 Å². The summed E-state index contributed by atoms with van der Waals surface area (Å²) in [6.45, 7) is 6.82. The molecular weight excluding hydrogens is 312 g/mol. The molecule has 0 N–H and O–H groups in total. The molecule has 1 aliphatic rings. The molecule has 1 aliphatic carbocycles. The first-order valence-corrected chi connectivity index (χ1v) is 8.69. The number of hydrogen-bond donors (Lipinski definition) is 0. The van der Waals surface area contributed by atoms with Crippen LogP contribution >= 0.6 is 15.9 Å². The van der Waals surface area contributed by atoms with Crippen molar-refractivity contribution in [2.24, 2.45) is 11.3 Å². The third kappa shape index (κ3) is 3.21. The molecule has 1 saturated carbocycles. The molecule has 0 spiro atoms. The summed E-state index contributed by atoms with van der Waals surface area (Å²) >= 11 is 4.04. The SMILES string of the molecule is COc1ccc(C(Br)C2(CC(C)C)CCCC2)cc1C. The Morgan fingerprint density at radius 2 is 1.90 bits per heavy atom. The van der Waals surface area contributed by atoms with Gasteiger partial charge in [-0.05, 0) is 54.7 Å². The van der Waals surface area contributed by atoms with Crippen LogP contribution in [0.25, 0.3) is 0 Å². The summed E-state index contributed by atoms with van der Waals surface area (Å²) in [6.07, 6.45) is 6.78. The summed E-state index contributed by atoms with van der Waals surface area (Å²) in [4.78, 5) is 0.463. The van der Waals surface area contributed by atoms with E-state index in [1.165, 1.54) is 43.2 Å². The molecule has 112 valence electrons. The number of ether oxygens (including phenoxy) is 1. The maximum Gasteiger partial charge on any atom is 0.121 e. The second-order valence-corrected chi connectivity index (χ2v) is 7.67. The number of aryl methyl sites for hydroxylation is 1. The zero-order chi connectivity index (χ0) is 14.8. The maximum absolute atomic E-state index is 5.38. The van der Waals surface area contributed by atoms with Crippen LogP contribution in [0.15, 0.2) is 18.2 Å². The number of methoxy groups -OCH3 is 1. The van der Waals surface area contributed by atoms with Crippen LogP contribution in [0, 0.1) is 18.3 Å². The predicted molar refractivity (Wildman–Crippen MR) is 89.8 cm³/mol.